The van der Waals surface area contributed by atoms with E-state index in [1.165, 1.54) is 7.11 Å². The van der Waals surface area contributed by atoms with Gasteiger partial charge in [0.25, 0.3) is 11.8 Å². The first kappa shape index (κ1) is 14.7. The Hall–Kier alpha value is -1.73. The SMILES string of the molecule is COC(=O)c1ccc(CN2C(=O)COCC2=O)c(Br)c1. The van der Waals surface area contributed by atoms with E-state index >= 15 is 0 Å². The third-order valence-electron chi connectivity index (χ3n) is 2.86. The fourth-order valence-corrected chi connectivity index (χ4v) is 2.29. The standard InChI is InChI=1S/C13H12BrNO5/c1-19-13(18)8-2-3-9(10(14)4-8)5-15-11(16)6-20-7-12(15)17/h2-4H,5-7H2,1H3. The van der Waals surface area contributed by atoms with Crippen LogP contribution in [0.4, 0.5) is 0 Å². The van der Waals surface area contributed by atoms with Crippen molar-refractivity contribution in [3.05, 3.63) is 33.8 Å². The number of morpholine rings is 1. The molecule has 0 aliphatic carbocycles. The lowest BCUT2D eigenvalue weighted by Gasteiger charge is -2.25. The summed E-state index contributed by atoms with van der Waals surface area (Å²) in [6, 6.07) is 4.85. The number of carbonyl (C=O) groups excluding carboxylic acids is 3. The Morgan fingerprint density at radius 3 is 2.55 bits per heavy atom. The number of ether oxygens (including phenoxy) is 2. The van der Waals surface area contributed by atoms with Crippen LogP contribution in [0.3, 0.4) is 0 Å². The second kappa shape index (κ2) is 6.15. The molecule has 0 N–H and O–H groups in total. The topological polar surface area (TPSA) is 72.9 Å². The van der Waals surface area contributed by atoms with Crippen LogP contribution >= 0.6 is 15.9 Å². The van der Waals surface area contributed by atoms with Crippen LogP contribution in [-0.4, -0.2) is 43.0 Å². The lowest BCUT2D eigenvalue weighted by atomic mass is 10.1. The van der Waals surface area contributed by atoms with Gasteiger partial charge in [0, 0.05) is 4.47 Å². The van der Waals surface area contributed by atoms with E-state index in [0.717, 1.165) is 10.5 Å². The summed E-state index contributed by atoms with van der Waals surface area (Å²) >= 11 is 3.32. The first-order valence-corrected chi connectivity index (χ1v) is 6.60. The minimum absolute atomic E-state index is 0.0936. The maximum absolute atomic E-state index is 11.6. The summed E-state index contributed by atoms with van der Waals surface area (Å²) in [6.07, 6.45) is 0. The number of benzene rings is 1. The van der Waals surface area contributed by atoms with E-state index in [1.807, 2.05) is 0 Å². The van der Waals surface area contributed by atoms with Gasteiger partial charge >= 0.3 is 5.97 Å². The van der Waals surface area contributed by atoms with E-state index in [9.17, 15) is 14.4 Å². The van der Waals surface area contributed by atoms with Crippen LogP contribution in [0.25, 0.3) is 0 Å². The summed E-state index contributed by atoms with van der Waals surface area (Å²) in [5, 5.41) is 0. The molecule has 0 saturated carbocycles. The Bertz CT molecular complexity index is 556. The summed E-state index contributed by atoms with van der Waals surface area (Å²) in [6.45, 7) is -0.0454. The maximum Gasteiger partial charge on any atom is 0.337 e. The van der Waals surface area contributed by atoms with Gasteiger partial charge in [0.05, 0.1) is 19.2 Å². The molecule has 0 radical (unpaired) electrons. The zero-order chi connectivity index (χ0) is 14.7. The molecule has 7 heteroatoms. The van der Waals surface area contributed by atoms with Gasteiger partial charge in [0.1, 0.15) is 13.2 Å². The van der Waals surface area contributed by atoms with Crippen molar-refractivity contribution in [3.63, 3.8) is 0 Å². The number of hydrogen-bond donors (Lipinski definition) is 0. The Balaban J connectivity index is 2.19. The number of carbonyl (C=O) groups is 3. The zero-order valence-corrected chi connectivity index (χ0v) is 12.3. The minimum atomic E-state index is -0.448. The highest BCUT2D eigenvalue weighted by Crippen LogP contribution is 2.21. The minimum Gasteiger partial charge on any atom is -0.465 e. The van der Waals surface area contributed by atoms with Crippen molar-refractivity contribution < 1.29 is 23.9 Å². The highest BCUT2D eigenvalue weighted by molar-refractivity contribution is 9.10. The third-order valence-corrected chi connectivity index (χ3v) is 3.59. The molecule has 1 saturated heterocycles. The molecule has 1 heterocycles. The number of imide groups is 1. The highest BCUT2D eigenvalue weighted by Gasteiger charge is 2.27. The molecule has 0 unspecified atom stereocenters. The van der Waals surface area contributed by atoms with Crippen molar-refractivity contribution >= 4 is 33.7 Å². The van der Waals surface area contributed by atoms with E-state index in [4.69, 9.17) is 4.74 Å². The molecule has 2 rings (SSSR count). The molecule has 106 valence electrons. The fourth-order valence-electron chi connectivity index (χ4n) is 1.79. The van der Waals surface area contributed by atoms with Gasteiger partial charge in [0.2, 0.25) is 0 Å². The molecule has 1 aliphatic heterocycles. The van der Waals surface area contributed by atoms with Gasteiger partial charge in [-0.25, -0.2) is 4.79 Å². The first-order valence-electron chi connectivity index (χ1n) is 5.80. The smallest absolute Gasteiger partial charge is 0.337 e. The molecule has 1 aromatic rings. The Morgan fingerprint density at radius 2 is 2.00 bits per heavy atom. The summed E-state index contributed by atoms with van der Waals surface area (Å²) in [5.74, 6) is -1.19. The van der Waals surface area contributed by atoms with Gasteiger partial charge in [-0.15, -0.1) is 0 Å². The molecule has 0 atom stereocenters. The van der Waals surface area contributed by atoms with Gasteiger partial charge in [-0.3, -0.25) is 14.5 Å². The molecular weight excluding hydrogens is 330 g/mol. The van der Waals surface area contributed by atoms with Crippen LogP contribution < -0.4 is 0 Å². The molecule has 1 aliphatic rings. The van der Waals surface area contributed by atoms with Gasteiger partial charge in [0.15, 0.2) is 0 Å². The Morgan fingerprint density at radius 1 is 1.35 bits per heavy atom. The van der Waals surface area contributed by atoms with Crippen molar-refractivity contribution in [2.24, 2.45) is 0 Å². The van der Waals surface area contributed by atoms with E-state index in [1.54, 1.807) is 18.2 Å². The normalized spacial score (nSPS) is 15.4. The number of rotatable bonds is 3. The van der Waals surface area contributed by atoms with E-state index in [0.29, 0.717) is 10.0 Å². The summed E-state index contributed by atoms with van der Waals surface area (Å²) in [4.78, 5) is 35.8. The first-order chi connectivity index (χ1) is 9.52. The van der Waals surface area contributed by atoms with E-state index in [2.05, 4.69) is 20.7 Å². The molecule has 0 spiro atoms. The molecule has 20 heavy (non-hydrogen) atoms. The van der Waals surface area contributed by atoms with Gasteiger partial charge in [-0.2, -0.15) is 0 Å². The number of hydrogen-bond acceptors (Lipinski definition) is 5. The Kier molecular flexibility index (Phi) is 4.51. The summed E-state index contributed by atoms with van der Waals surface area (Å²) in [5.41, 5.74) is 1.11. The van der Waals surface area contributed by atoms with Crippen molar-refractivity contribution in [2.75, 3.05) is 20.3 Å². The highest BCUT2D eigenvalue weighted by atomic mass is 79.9. The van der Waals surface area contributed by atoms with Crippen molar-refractivity contribution in [1.82, 2.24) is 4.90 Å². The number of halogens is 1. The van der Waals surface area contributed by atoms with Crippen LogP contribution in [0.1, 0.15) is 15.9 Å². The number of methoxy groups -OCH3 is 1. The maximum atomic E-state index is 11.6. The predicted octanol–water partition coefficient (Wildman–Crippen LogP) is 1.12. The molecule has 6 nitrogen and oxygen atoms in total. The van der Waals surface area contributed by atoms with Gasteiger partial charge in [-0.1, -0.05) is 22.0 Å². The third kappa shape index (κ3) is 3.05. The van der Waals surface area contributed by atoms with Crippen LogP contribution in [0.2, 0.25) is 0 Å². The molecule has 0 bridgehead atoms. The second-order valence-electron chi connectivity index (χ2n) is 4.16. The average Bonchev–Trinajstić information content (AvgIpc) is 2.43. The fraction of sp³-hybridized carbons (Fsp3) is 0.308. The van der Waals surface area contributed by atoms with Crippen LogP contribution in [0.5, 0.6) is 0 Å². The molecule has 2 amide bonds. The Labute approximate surface area is 123 Å². The van der Waals surface area contributed by atoms with Crippen LogP contribution in [0, 0.1) is 0 Å². The number of esters is 1. The average molecular weight is 342 g/mol. The van der Waals surface area contributed by atoms with Crippen LogP contribution in [0.15, 0.2) is 22.7 Å². The largest absolute Gasteiger partial charge is 0.465 e. The monoisotopic (exact) mass is 341 g/mol. The second-order valence-corrected chi connectivity index (χ2v) is 5.02. The predicted molar refractivity (Wildman–Crippen MR) is 71.9 cm³/mol. The summed E-state index contributed by atoms with van der Waals surface area (Å²) in [7, 11) is 1.30. The lowest BCUT2D eigenvalue weighted by molar-refractivity contribution is -0.159. The van der Waals surface area contributed by atoms with E-state index in [-0.39, 0.29) is 31.6 Å². The van der Waals surface area contributed by atoms with Crippen molar-refractivity contribution in [3.8, 4) is 0 Å². The quantitative estimate of drug-likeness (QED) is 0.608. The molecular formula is C13H12BrNO5. The molecule has 1 fully saturated rings. The molecule has 1 aromatic carbocycles. The molecule has 0 aromatic heterocycles. The van der Waals surface area contributed by atoms with Crippen LogP contribution in [-0.2, 0) is 25.6 Å². The summed E-state index contributed by atoms with van der Waals surface area (Å²) < 4.78 is 10.1. The number of nitrogens with zero attached hydrogens (tertiary/aromatic N) is 1. The van der Waals surface area contributed by atoms with Crippen molar-refractivity contribution in [2.45, 2.75) is 6.54 Å². The number of amides is 2. The van der Waals surface area contributed by atoms with E-state index < -0.39 is 5.97 Å². The van der Waals surface area contributed by atoms with Gasteiger partial charge in [-0.05, 0) is 17.7 Å². The zero-order valence-electron chi connectivity index (χ0n) is 10.7. The van der Waals surface area contributed by atoms with Gasteiger partial charge < -0.3 is 9.47 Å². The lowest BCUT2D eigenvalue weighted by Crippen LogP contribution is -2.45. The van der Waals surface area contributed by atoms with Crippen molar-refractivity contribution in [1.29, 1.82) is 0 Å².